The van der Waals surface area contributed by atoms with E-state index in [1.165, 1.54) is 0 Å². The summed E-state index contributed by atoms with van der Waals surface area (Å²) in [6, 6.07) is 7.28. The fraction of sp³-hybridized carbons (Fsp3) is 0.273. The average molecular weight is 194 g/mol. The van der Waals surface area contributed by atoms with Crippen LogP contribution in [0.4, 0.5) is 0 Å². The van der Waals surface area contributed by atoms with Crippen LogP contribution in [0.1, 0.15) is 18.6 Å². The summed E-state index contributed by atoms with van der Waals surface area (Å²) in [5.41, 5.74) is 1.60. The number of methoxy groups -OCH3 is 1. The van der Waals surface area contributed by atoms with E-state index < -0.39 is 6.10 Å². The van der Waals surface area contributed by atoms with Gasteiger partial charge in [0.05, 0.1) is 7.11 Å². The van der Waals surface area contributed by atoms with Gasteiger partial charge in [-0.1, -0.05) is 18.7 Å². The summed E-state index contributed by atoms with van der Waals surface area (Å²) >= 11 is 0. The SMILES string of the molecule is C=C(C)C(OO)c1ccc(OC)cc1. The lowest BCUT2D eigenvalue weighted by atomic mass is 10.0. The van der Waals surface area contributed by atoms with E-state index in [9.17, 15) is 0 Å². The van der Waals surface area contributed by atoms with Crippen molar-refractivity contribution in [3.63, 3.8) is 0 Å². The second-order valence-electron chi connectivity index (χ2n) is 3.10. The second kappa shape index (κ2) is 4.79. The summed E-state index contributed by atoms with van der Waals surface area (Å²) in [5.74, 6) is 0.771. The fourth-order valence-corrected chi connectivity index (χ4v) is 1.21. The van der Waals surface area contributed by atoms with E-state index in [0.717, 1.165) is 16.9 Å². The molecule has 1 N–H and O–H groups in total. The van der Waals surface area contributed by atoms with Gasteiger partial charge in [-0.15, -0.1) is 0 Å². The predicted octanol–water partition coefficient (Wildman–Crippen LogP) is 2.80. The van der Waals surface area contributed by atoms with E-state index in [4.69, 9.17) is 9.99 Å². The molecule has 1 aromatic rings. The molecule has 1 atom stereocenters. The first-order valence-corrected chi connectivity index (χ1v) is 4.28. The molecule has 0 aromatic heterocycles. The monoisotopic (exact) mass is 194 g/mol. The topological polar surface area (TPSA) is 38.7 Å². The Morgan fingerprint density at radius 1 is 1.36 bits per heavy atom. The first kappa shape index (κ1) is 10.8. The minimum atomic E-state index is -0.471. The number of hydrogen-bond acceptors (Lipinski definition) is 3. The Kier molecular flexibility index (Phi) is 3.68. The highest BCUT2D eigenvalue weighted by Crippen LogP contribution is 2.24. The van der Waals surface area contributed by atoms with Crippen molar-refractivity contribution < 1.29 is 14.9 Å². The Bertz CT molecular complexity index is 303. The van der Waals surface area contributed by atoms with Gasteiger partial charge in [-0.05, 0) is 30.2 Å². The van der Waals surface area contributed by atoms with Crippen LogP contribution in [0.2, 0.25) is 0 Å². The van der Waals surface area contributed by atoms with Gasteiger partial charge in [-0.25, -0.2) is 4.89 Å². The average Bonchev–Trinajstić information content (AvgIpc) is 2.19. The van der Waals surface area contributed by atoms with E-state index in [1.807, 2.05) is 24.3 Å². The van der Waals surface area contributed by atoms with Crippen molar-refractivity contribution in [2.45, 2.75) is 13.0 Å². The van der Waals surface area contributed by atoms with Crippen LogP contribution in [0.25, 0.3) is 0 Å². The third-order valence-electron chi connectivity index (χ3n) is 1.97. The molecule has 0 heterocycles. The molecule has 0 spiro atoms. The van der Waals surface area contributed by atoms with Crippen molar-refractivity contribution in [2.75, 3.05) is 7.11 Å². The Morgan fingerprint density at radius 3 is 2.29 bits per heavy atom. The molecular weight excluding hydrogens is 180 g/mol. The van der Waals surface area contributed by atoms with Crippen LogP contribution in [0.3, 0.4) is 0 Å². The van der Waals surface area contributed by atoms with Gasteiger partial charge in [0.2, 0.25) is 0 Å². The molecular formula is C11H14O3. The van der Waals surface area contributed by atoms with Crippen molar-refractivity contribution in [1.82, 2.24) is 0 Å². The summed E-state index contributed by atoms with van der Waals surface area (Å²) in [7, 11) is 1.60. The third kappa shape index (κ3) is 2.34. The molecule has 1 unspecified atom stereocenters. The molecule has 3 heteroatoms. The number of benzene rings is 1. The van der Waals surface area contributed by atoms with Gasteiger partial charge in [0.25, 0.3) is 0 Å². The molecule has 14 heavy (non-hydrogen) atoms. The maximum atomic E-state index is 8.68. The maximum absolute atomic E-state index is 8.68. The van der Waals surface area contributed by atoms with Crippen molar-refractivity contribution >= 4 is 0 Å². The van der Waals surface area contributed by atoms with E-state index in [2.05, 4.69) is 11.5 Å². The quantitative estimate of drug-likeness (QED) is 0.455. The predicted molar refractivity (Wildman–Crippen MR) is 54.3 cm³/mol. The van der Waals surface area contributed by atoms with Gasteiger partial charge < -0.3 is 4.74 Å². The number of rotatable bonds is 4. The van der Waals surface area contributed by atoms with Crippen molar-refractivity contribution in [2.24, 2.45) is 0 Å². The summed E-state index contributed by atoms with van der Waals surface area (Å²) < 4.78 is 5.02. The lowest BCUT2D eigenvalue weighted by Crippen LogP contribution is -2.02. The van der Waals surface area contributed by atoms with Crippen LogP contribution in [0.15, 0.2) is 36.4 Å². The third-order valence-corrected chi connectivity index (χ3v) is 1.97. The standard InChI is InChI=1S/C11H14O3/c1-8(2)11(14-12)9-4-6-10(13-3)7-5-9/h4-7,11-12H,1H2,2-3H3. The van der Waals surface area contributed by atoms with Crippen LogP contribution in [0.5, 0.6) is 5.75 Å². The maximum Gasteiger partial charge on any atom is 0.138 e. The molecule has 3 nitrogen and oxygen atoms in total. The summed E-state index contributed by atoms with van der Waals surface area (Å²) in [5, 5.41) is 8.68. The van der Waals surface area contributed by atoms with Crippen LogP contribution in [-0.2, 0) is 4.89 Å². The van der Waals surface area contributed by atoms with Crippen molar-refractivity contribution in [3.8, 4) is 5.75 Å². The molecule has 0 fully saturated rings. The van der Waals surface area contributed by atoms with Crippen molar-refractivity contribution in [3.05, 3.63) is 42.0 Å². The second-order valence-corrected chi connectivity index (χ2v) is 3.10. The van der Waals surface area contributed by atoms with E-state index in [1.54, 1.807) is 14.0 Å². The molecule has 0 radical (unpaired) electrons. The molecule has 0 saturated carbocycles. The Labute approximate surface area is 83.5 Å². The van der Waals surface area contributed by atoms with Crippen LogP contribution >= 0.6 is 0 Å². The van der Waals surface area contributed by atoms with Crippen molar-refractivity contribution in [1.29, 1.82) is 0 Å². The number of ether oxygens (including phenoxy) is 1. The minimum Gasteiger partial charge on any atom is -0.497 e. The van der Waals surface area contributed by atoms with Gasteiger partial charge in [0.15, 0.2) is 0 Å². The van der Waals surface area contributed by atoms with Gasteiger partial charge in [-0.3, -0.25) is 5.26 Å². The summed E-state index contributed by atoms with van der Waals surface area (Å²) in [4.78, 5) is 4.33. The van der Waals surface area contributed by atoms with E-state index in [0.29, 0.717) is 0 Å². The van der Waals surface area contributed by atoms with Gasteiger partial charge >= 0.3 is 0 Å². The Morgan fingerprint density at radius 2 is 1.93 bits per heavy atom. The largest absolute Gasteiger partial charge is 0.497 e. The smallest absolute Gasteiger partial charge is 0.138 e. The number of hydrogen-bond donors (Lipinski definition) is 1. The van der Waals surface area contributed by atoms with Crippen LogP contribution < -0.4 is 4.74 Å². The summed E-state index contributed by atoms with van der Waals surface area (Å²) in [6.45, 7) is 5.53. The lowest BCUT2D eigenvalue weighted by molar-refractivity contribution is -0.271. The highest BCUT2D eigenvalue weighted by atomic mass is 17.1. The molecule has 0 saturated heterocycles. The molecule has 76 valence electrons. The zero-order chi connectivity index (χ0) is 10.6. The highest BCUT2D eigenvalue weighted by molar-refractivity contribution is 5.31. The minimum absolute atomic E-state index is 0.471. The summed E-state index contributed by atoms with van der Waals surface area (Å²) in [6.07, 6.45) is -0.471. The Balaban J connectivity index is 2.89. The Hall–Kier alpha value is -1.32. The zero-order valence-electron chi connectivity index (χ0n) is 8.36. The molecule has 1 rings (SSSR count). The fourth-order valence-electron chi connectivity index (χ4n) is 1.21. The molecule has 0 bridgehead atoms. The molecule has 0 aliphatic heterocycles. The van der Waals surface area contributed by atoms with E-state index in [-0.39, 0.29) is 0 Å². The van der Waals surface area contributed by atoms with Gasteiger partial charge in [0.1, 0.15) is 11.9 Å². The first-order valence-electron chi connectivity index (χ1n) is 4.28. The molecule has 0 amide bonds. The highest BCUT2D eigenvalue weighted by Gasteiger charge is 2.12. The zero-order valence-corrected chi connectivity index (χ0v) is 8.36. The van der Waals surface area contributed by atoms with Crippen LogP contribution in [-0.4, -0.2) is 12.4 Å². The first-order chi connectivity index (χ1) is 6.69. The molecule has 0 aliphatic carbocycles. The normalized spacial score (nSPS) is 12.2. The van der Waals surface area contributed by atoms with E-state index >= 15 is 0 Å². The van der Waals surface area contributed by atoms with Gasteiger partial charge in [-0.2, -0.15) is 0 Å². The molecule has 1 aromatic carbocycles. The lowest BCUT2D eigenvalue weighted by Gasteiger charge is -2.13. The molecule has 0 aliphatic rings. The van der Waals surface area contributed by atoms with Gasteiger partial charge in [0, 0.05) is 0 Å². The van der Waals surface area contributed by atoms with Crippen LogP contribution in [0, 0.1) is 0 Å².